The van der Waals surface area contributed by atoms with Crippen molar-refractivity contribution >= 4 is 71.7 Å². The first-order chi connectivity index (χ1) is 32.6. The molecule has 66 heavy (non-hydrogen) atoms. The lowest BCUT2D eigenvalue weighted by molar-refractivity contribution is 1.18. The van der Waals surface area contributed by atoms with Crippen LogP contribution < -0.4 is 31.7 Å². The second-order valence-corrected chi connectivity index (χ2v) is 15.2. The van der Waals surface area contributed by atoms with Gasteiger partial charge in [-0.25, -0.2) is 19.9 Å². The third-order valence-electron chi connectivity index (χ3n) is 10.5. The number of nitrogens with zero attached hydrogens (tertiary/aromatic N) is 5. The number of rotatable bonds is 13. The van der Waals surface area contributed by atoms with Gasteiger partial charge >= 0.3 is 0 Å². The maximum Gasteiger partial charge on any atom is 0.291 e. The number of nitrogens with one attached hydrogen (secondary N) is 3. The molecule has 3 N–H and O–H groups in total. The lowest BCUT2D eigenvalue weighted by Crippen LogP contribution is -2.32. The average Bonchev–Trinajstić information content (AvgIpc) is 3.38. The highest BCUT2D eigenvalue weighted by Gasteiger charge is 2.17. The van der Waals surface area contributed by atoms with E-state index in [9.17, 15) is 0 Å². The van der Waals surface area contributed by atoms with E-state index in [0.29, 0.717) is 5.82 Å². The maximum absolute atomic E-state index is 6.06. The van der Waals surface area contributed by atoms with Crippen LogP contribution in [0.25, 0.3) is 33.9 Å². The van der Waals surface area contributed by atoms with E-state index in [4.69, 9.17) is 7.85 Å². The predicted molar refractivity (Wildman–Crippen MR) is 275 cm³/mol. The number of aromatic nitrogens is 4. The van der Waals surface area contributed by atoms with Crippen LogP contribution in [0.3, 0.4) is 0 Å². The van der Waals surface area contributed by atoms with E-state index >= 15 is 0 Å². The highest BCUT2D eigenvalue weighted by Crippen LogP contribution is 2.34. The molecule has 8 aromatic carbocycles. The van der Waals surface area contributed by atoms with E-state index in [1.807, 2.05) is 133 Å². The van der Waals surface area contributed by atoms with E-state index in [1.165, 1.54) is 0 Å². The molecule has 2 heterocycles. The predicted octanol–water partition coefficient (Wildman–Crippen LogP) is 12.1. The van der Waals surface area contributed by atoms with Crippen molar-refractivity contribution in [2.24, 2.45) is 0 Å². The second-order valence-electron chi connectivity index (χ2n) is 15.2. The standard InChI is InChI=1S/C34H25B2N4.C22H18N4/c35-28-11-6-9-26(23-28)27-10-7-12-29(24-27)36-40(31-13-2-1-3-14-31)33-16-5-4-15-32(33)39-30-19-17-25(18-20-30)34-37-21-8-22-38-34;1-2-7-18(8-3-1)25-20-9-4-5-10-21(20)26-19-13-11-17(12-14-19)22-23-15-6-16-24-22/h1-24,39H;1-16,25-26H. The molecule has 0 aliphatic carbocycles. The molecular weight excluding hydrogens is 806 g/mol. The topological polar surface area (TPSA) is 90.9 Å². The van der Waals surface area contributed by atoms with Crippen molar-refractivity contribution < 1.29 is 0 Å². The Bertz CT molecular complexity index is 3090. The fraction of sp³-hybridized carbons (Fsp3) is 0. The molecule has 0 aliphatic heterocycles. The molecule has 0 amide bonds. The van der Waals surface area contributed by atoms with Crippen molar-refractivity contribution in [3.05, 3.63) is 243 Å². The zero-order valence-corrected chi connectivity index (χ0v) is 36.0. The van der Waals surface area contributed by atoms with Gasteiger partial charge in [-0.05, 0) is 120 Å². The summed E-state index contributed by atoms with van der Waals surface area (Å²) >= 11 is 0. The molecule has 10 heteroatoms. The monoisotopic (exact) mass is 849 g/mol. The summed E-state index contributed by atoms with van der Waals surface area (Å²) in [5.41, 5.74) is 14.1. The maximum atomic E-state index is 6.06. The van der Waals surface area contributed by atoms with Crippen LogP contribution in [0.2, 0.25) is 0 Å². The molecule has 0 aliphatic rings. The molecule has 0 fully saturated rings. The van der Waals surface area contributed by atoms with Crippen LogP contribution in [-0.4, -0.2) is 35.2 Å². The van der Waals surface area contributed by atoms with Crippen LogP contribution in [-0.2, 0) is 0 Å². The van der Waals surface area contributed by atoms with Crippen LogP contribution in [0, 0.1) is 0 Å². The number of hydrogen-bond acceptors (Lipinski definition) is 8. The first kappa shape index (κ1) is 42.5. The smallest absolute Gasteiger partial charge is 0.291 e. The first-order valence-corrected chi connectivity index (χ1v) is 21.6. The van der Waals surface area contributed by atoms with Crippen molar-refractivity contribution in [2.75, 3.05) is 20.8 Å². The molecule has 0 unspecified atom stereocenters. The van der Waals surface area contributed by atoms with Crippen LogP contribution in [0.15, 0.2) is 243 Å². The fourth-order valence-electron chi connectivity index (χ4n) is 7.32. The minimum absolute atomic E-state index is 0.708. The van der Waals surface area contributed by atoms with Gasteiger partial charge in [0.1, 0.15) is 7.85 Å². The van der Waals surface area contributed by atoms with Gasteiger partial charge in [0.05, 0.1) is 22.7 Å². The summed E-state index contributed by atoms with van der Waals surface area (Å²) < 4.78 is 0. The normalized spacial score (nSPS) is 10.5. The van der Waals surface area contributed by atoms with Gasteiger partial charge in [-0.3, -0.25) is 0 Å². The number of para-hydroxylation sites is 6. The molecule has 0 atom stereocenters. The quantitative estimate of drug-likeness (QED) is 0.0989. The second kappa shape index (κ2) is 21.1. The molecule has 3 radical (unpaired) electrons. The Morgan fingerprint density at radius 3 is 1.38 bits per heavy atom. The van der Waals surface area contributed by atoms with Gasteiger partial charge in [-0.2, -0.15) is 0 Å². The first-order valence-electron chi connectivity index (χ1n) is 21.6. The van der Waals surface area contributed by atoms with Crippen molar-refractivity contribution in [1.82, 2.24) is 19.9 Å². The van der Waals surface area contributed by atoms with E-state index in [2.05, 4.69) is 133 Å². The number of benzene rings is 8. The Labute approximate surface area is 387 Å². The highest BCUT2D eigenvalue weighted by molar-refractivity contribution is 6.59. The largest absolute Gasteiger partial charge is 0.384 e. The summed E-state index contributed by atoms with van der Waals surface area (Å²) in [6.45, 7) is 0. The Morgan fingerprint density at radius 1 is 0.364 bits per heavy atom. The van der Waals surface area contributed by atoms with E-state index in [1.54, 1.807) is 24.8 Å². The molecule has 0 saturated heterocycles. The summed E-state index contributed by atoms with van der Waals surface area (Å²) in [5, 5.41) is 10.5. The summed E-state index contributed by atoms with van der Waals surface area (Å²) in [6, 6.07) is 73.3. The van der Waals surface area contributed by atoms with Gasteiger partial charge in [0.25, 0.3) is 7.41 Å². The minimum atomic E-state index is 0.708. The molecular formula is C56H43B2N8. The van der Waals surface area contributed by atoms with E-state index in [0.717, 1.165) is 84.5 Å². The fourth-order valence-corrected chi connectivity index (χ4v) is 7.32. The summed E-state index contributed by atoms with van der Waals surface area (Å²) in [4.78, 5) is 19.5. The van der Waals surface area contributed by atoms with Gasteiger partial charge in [-0.1, -0.05) is 120 Å². The zero-order chi connectivity index (χ0) is 44.8. The molecule has 313 valence electrons. The summed E-state index contributed by atoms with van der Waals surface area (Å²) in [5.74, 6) is 1.44. The number of hydrogen-bond donors (Lipinski definition) is 3. The molecule has 10 aromatic rings. The van der Waals surface area contributed by atoms with E-state index < -0.39 is 0 Å². The molecule has 10 rings (SSSR count). The van der Waals surface area contributed by atoms with Crippen LogP contribution in [0.4, 0.5) is 45.5 Å². The molecule has 0 saturated carbocycles. The number of anilines is 8. The summed E-state index contributed by atoms with van der Waals surface area (Å²) in [6.07, 6.45) is 7.01. The van der Waals surface area contributed by atoms with Gasteiger partial charge in [0.2, 0.25) is 0 Å². The van der Waals surface area contributed by atoms with Crippen molar-refractivity contribution in [2.45, 2.75) is 0 Å². The zero-order valence-electron chi connectivity index (χ0n) is 36.0. The molecule has 0 spiro atoms. The van der Waals surface area contributed by atoms with Gasteiger partial charge in [-0.15, -0.1) is 0 Å². The van der Waals surface area contributed by atoms with Crippen molar-refractivity contribution in [1.29, 1.82) is 0 Å². The molecule has 8 nitrogen and oxygen atoms in total. The van der Waals surface area contributed by atoms with Crippen LogP contribution in [0.5, 0.6) is 0 Å². The Balaban J connectivity index is 0.000000182. The summed E-state index contributed by atoms with van der Waals surface area (Å²) in [7, 11) is 8.22. The van der Waals surface area contributed by atoms with Gasteiger partial charge in [0.15, 0.2) is 11.6 Å². The highest BCUT2D eigenvalue weighted by atomic mass is 15.1. The minimum Gasteiger partial charge on any atom is -0.384 e. The lowest BCUT2D eigenvalue weighted by atomic mass is 9.77. The Morgan fingerprint density at radius 2 is 0.818 bits per heavy atom. The van der Waals surface area contributed by atoms with Crippen LogP contribution >= 0.6 is 0 Å². The third kappa shape index (κ3) is 11.1. The Kier molecular flexibility index (Phi) is 13.6. The van der Waals surface area contributed by atoms with Crippen molar-refractivity contribution in [3.8, 4) is 33.9 Å². The average molecular weight is 850 g/mol. The van der Waals surface area contributed by atoms with Gasteiger partial charge < -0.3 is 20.8 Å². The third-order valence-corrected chi connectivity index (χ3v) is 10.5. The molecule has 0 bridgehead atoms. The molecule has 2 aromatic heterocycles. The van der Waals surface area contributed by atoms with E-state index in [-0.39, 0.29) is 0 Å². The SMILES string of the molecule is [B]c1cccc(-c2cccc([B]N(c3ccccc3)c3ccccc3Nc3ccc(-c4ncccn4)cc3)c2)c1.c1ccc(Nc2ccccc2Nc2ccc(-c3ncccn3)cc2)cc1. The van der Waals surface area contributed by atoms with Crippen LogP contribution in [0.1, 0.15) is 0 Å². The Hall–Kier alpha value is -8.75. The van der Waals surface area contributed by atoms with Gasteiger partial charge in [0, 0.05) is 58.7 Å². The van der Waals surface area contributed by atoms with Crippen molar-refractivity contribution in [3.63, 3.8) is 0 Å². The lowest BCUT2D eigenvalue weighted by Gasteiger charge is -2.28.